The van der Waals surface area contributed by atoms with Gasteiger partial charge in [0.2, 0.25) is 0 Å². The molecule has 5 rings (SSSR count). The van der Waals surface area contributed by atoms with Crippen molar-refractivity contribution in [3.05, 3.63) is 66.5 Å². The summed E-state index contributed by atoms with van der Waals surface area (Å²) in [5, 5.41) is 3.67. The van der Waals surface area contributed by atoms with E-state index in [2.05, 4.69) is 68.9 Å². The summed E-state index contributed by atoms with van der Waals surface area (Å²) in [6, 6.07) is 19.1. The molecule has 2 aromatic heterocycles. The highest BCUT2D eigenvalue weighted by Crippen LogP contribution is 2.31. The average Bonchev–Trinajstić information content (AvgIpc) is 3.22. The van der Waals surface area contributed by atoms with Gasteiger partial charge < -0.3 is 15.6 Å². The van der Waals surface area contributed by atoms with Crippen LogP contribution in [0.2, 0.25) is 0 Å². The number of nitrogens with zero attached hydrogens (tertiary/aromatic N) is 5. The van der Waals surface area contributed by atoms with E-state index >= 15 is 0 Å². The molecule has 7 nitrogen and oxygen atoms in total. The second-order valence-corrected chi connectivity index (χ2v) is 9.10. The largest absolute Gasteiger partial charge is 0.399 e. The highest BCUT2D eigenvalue weighted by Gasteiger charge is 2.23. The van der Waals surface area contributed by atoms with Crippen molar-refractivity contribution in [2.75, 3.05) is 24.1 Å². The van der Waals surface area contributed by atoms with Gasteiger partial charge in [0.1, 0.15) is 12.2 Å². The molecule has 1 aliphatic heterocycles. The first-order valence-electron chi connectivity index (χ1n) is 11.7. The van der Waals surface area contributed by atoms with E-state index in [9.17, 15) is 0 Å². The Labute approximate surface area is 194 Å². The first kappa shape index (κ1) is 21.4. The van der Waals surface area contributed by atoms with Crippen LogP contribution in [-0.4, -0.2) is 43.6 Å². The van der Waals surface area contributed by atoms with Crippen molar-refractivity contribution in [1.29, 1.82) is 0 Å². The van der Waals surface area contributed by atoms with E-state index in [1.165, 1.54) is 5.56 Å². The third-order valence-electron chi connectivity index (χ3n) is 6.32. The van der Waals surface area contributed by atoms with Crippen molar-refractivity contribution in [3.8, 4) is 11.4 Å². The highest BCUT2D eigenvalue weighted by atomic mass is 15.2. The Kier molecular flexibility index (Phi) is 5.96. The summed E-state index contributed by atoms with van der Waals surface area (Å²) in [5.41, 5.74) is 10.8. The zero-order valence-corrected chi connectivity index (χ0v) is 19.3. The van der Waals surface area contributed by atoms with Gasteiger partial charge in [-0.1, -0.05) is 42.5 Å². The minimum absolute atomic E-state index is 0.204. The number of anilines is 2. The number of hydrogen-bond acceptors (Lipinski definition) is 6. The Morgan fingerprint density at radius 3 is 2.55 bits per heavy atom. The molecule has 4 aromatic rings. The van der Waals surface area contributed by atoms with E-state index in [4.69, 9.17) is 10.7 Å². The van der Waals surface area contributed by atoms with Crippen LogP contribution in [-0.2, 0) is 6.54 Å². The quantitative estimate of drug-likeness (QED) is 0.421. The van der Waals surface area contributed by atoms with Crippen LogP contribution in [0.25, 0.3) is 22.6 Å². The molecule has 3 N–H and O–H groups in total. The topological polar surface area (TPSA) is 84.9 Å². The number of piperidine rings is 1. The van der Waals surface area contributed by atoms with Crippen LogP contribution in [0.3, 0.4) is 0 Å². The van der Waals surface area contributed by atoms with E-state index in [0.717, 1.165) is 66.5 Å². The Bertz CT molecular complexity index is 1220. The number of rotatable bonds is 6. The standard InChI is InChI=1S/C26H31N7/c1-18(2)33-25(20-9-6-10-21(27)15-20)31-23-24(28-17-29-26(23)33)30-22-11-13-32(14-12-22)16-19-7-4-3-5-8-19/h3-10,15,17-18,22H,11-14,16,27H2,1-2H3,(H,28,29,30). The summed E-state index contributed by atoms with van der Waals surface area (Å²) in [6.45, 7) is 7.43. The van der Waals surface area contributed by atoms with Gasteiger partial charge in [-0.25, -0.2) is 15.0 Å². The molecule has 0 spiro atoms. The number of hydrogen-bond donors (Lipinski definition) is 2. The van der Waals surface area contributed by atoms with Crippen LogP contribution < -0.4 is 11.1 Å². The third kappa shape index (κ3) is 4.54. The van der Waals surface area contributed by atoms with Crippen molar-refractivity contribution in [2.24, 2.45) is 0 Å². The van der Waals surface area contributed by atoms with Gasteiger partial charge in [-0.05, 0) is 44.4 Å². The molecule has 1 fully saturated rings. The highest BCUT2D eigenvalue weighted by molar-refractivity contribution is 5.87. The van der Waals surface area contributed by atoms with Gasteiger partial charge in [-0.3, -0.25) is 4.90 Å². The molecule has 0 bridgehead atoms. The summed E-state index contributed by atoms with van der Waals surface area (Å²) in [4.78, 5) is 16.7. The fraction of sp³-hybridized carbons (Fsp3) is 0.346. The number of nitrogens with two attached hydrogens (primary N) is 1. The second kappa shape index (κ2) is 9.19. The molecule has 1 saturated heterocycles. The molecule has 0 saturated carbocycles. The van der Waals surface area contributed by atoms with Crippen molar-refractivity contribution >= 4 is 22.7 Å². The van der Waals surface area contributed by atoms with Gasteiger partial charge in [-0.2, -0.15) is 0 Å². The Balaban J connectivity index is 1.37. The normalized spacial score (nSPS) is 15.4. The molecule has 1 aliphatic rings. The van der Waals surface area contributed by atoms with Gasteiger partial charge in [0.05, 0.1) is 0 Å². The van der Waals surface area contributed by atoms with E-state index in [-0.39, 0.29) is 6.04 Å². The number of imidazole rings is 1. The third-order valence-corrected chi connectivity index (χ3v) is 6.32. The lowest BCUT2D eigenvalue weighted by Gasteiger charge is -2.32. The van der Waals surface area contributed by atoms with E-state index in [1.54, 1.807) is 6.33 Å². The number of benzene rings is 2. The zero-order valence-electron chi connectivity index (χ0n) is 19.3. The molecular weight excluding hydrogens is 410 g/mol. The van der Waals surface area contributed by atoms with E-state index in [1.807, 2.05) is 24.3 Å². The maximum atomic E-state index is 6.05. The molecular formula is C26H31N7. The minimum atomic E-state index is 0.204. The van der Waals surface area contributed by atoms with Gasteiger partial charge in [-0.15, -0.1) is 0 Å². The summed E-state index contributed by atoms with van der Waals surface area (Å²) < 4.78 is 2.17. The fourth-order valence-electron chi connectivity index (χ4n) is 4.66. The van der Waals surface area contributed by atoms with E-state index in [0.29, 0.717) is 6.04 Å². The maximum Gasteiger partial charge on any atom is 0.166 e. The van der Waals surface area contributed by atoms with E-state index < -0.39 is 0 Å². The molecule has 33 heavy (non-hydrogen) atoms. The maximum absolute atomic E-state index is 6.05. The smallest absolute Gasteiger partial charge is 0.166 e. The monoisotopic (exact) mass is 441 g/mol. The Hall–Kier alpha value is -3.45. The Morgan fingerprint density at radius 2 is 1.82 bits per heavy atom. The van der Waals surface area contributed by atoms with Crippen molar-refractivity contribution < 1.29 is 0 Å². The molecule has 0 amide bonds. The summed E-state index contributed by atoms with van der Waals surface area (Å²) in [5.74, 6) is 1.68. The summed E-state index contributed by atoms with van der Waals surface area (Å²) >= 11 is 0. The lowest BCUT2D eigenvalue weighted by Crippen LogP contribution is -2.38. The van der Waals surface area contributed by atoms with Gasteiger partial charge >= 0.3 is 0 Å². The second-order valence-electron chi connectivity index (χ2n) is 9.10. The number of nitrogen functional groups attached to an aromatic ring is 1. The molecule has 7 heteroatoms. The van der Waals surface area contributed by atoms with Crippen molar-refractivity contribution in [2.45, 2.75) is 45.3 Å². The molecule has 0 aliphatic carbocycles. The fourth-order valence-corrected chi connectivity index (χ4v) is 4.66. The molecule has 170 valence electrons. The van der Waals surface area contributed by atoms with Crippen molar-refractivity contribution in [3.63, 3.8) is 0 Å². The predicted octanol–water partition coefficient (Wildman–Crippen LogP) is 4.73. The SMILES string of the molecule is CC(C)n1c(-c2cccc(N)c2)nc2c(NC3CCN(Cc4ccccc4)CC3)ncnc21. The minimum Gasteiger partial charge on any atom is -0.399 e. The number of aromatic nitrogens is 4. The molecule has 3 heterocycles. The number of likely N-dealkylation sites (tertiary alicyclic amines) is 1. The van der Waals surface area contributed by atoms with Gasteiger partial charge in [0.15, 0.2) is 17.0 Å². The van der Waals surface area contributed by atoms with Crippen LogP contribution in [0, 0.1) is 0 Å². The van der Waals surface area contributed by atoms with Gasteiger partial charge in [0, 0.05) is 43.0 Å². The van der Waals surface area contributed by atoms with Crippen LogP contribution in [0.4, 0.5) is 11.5 Å². The molecule has 0 atom stereocenters. The Morgan fingerprint density at radius 1 is 1.03 bits per heavy atom. The molecule has 0 unspecified atom stereocenters. The summed E-state index contributed by atoms with van der Waals surface area (Å²) in [6.07, 6.45) is 3.79. The number of nitrogens with one attached hydrogen (secondary N) is 1. The first-order chi connectivity index (χ1) is 16.1. The molecule has 0 radical (unpaired) electrons. The lowest BCUT2D eigenvalue weighted by molar-refractivity contribution is 0.211. The van der Waals surface area contributed by atoms with Gasteiger partial charge in [0.25, 0.3) is 0 Å². The van der Waals surface area contributed by atoms with Crippen LogP contribution in [0.15, 0.2) is 60.9 Å². The average molecular weight is 442 g/mol. The number of fused-ring (bicyclic) bond motifs is 1. The summed E-state index contributed by atoms with van der Waals surface area (Å²) in [7, 11) is 0. The van der Waals surface area contributed by atoms with Crippen molar-refractivity contribution in [1.82, 2.24) is 24.4 Å². The predicted molar refractivity (Wildman–Crippen MR) is 134 cm³/mol. The first-order valence-corrected chi connectivity index (χ1v) is 11.7. The van der Waals surface area contributed by atoms with Crippen LogP contribution in [0.5, 0.6) is 0 Å². The molecule has 2 aromatic carbocycles. The zero-order chi connectivity index (χ0) is 22.8. The van der Waals surface area contributed by atoms with Crippen LogP contribution in [0.1, 0.15) is 38.3 Å². The lowest BCUT2D eigenvalue weighted by atomic mass is 10.0. The van der Waals surface area contributed by atoms with Crippen LogP contribution >= 0.6 is 0 Å².